The summed E-state index contributed by atoms with van der Waals surface area (Å²) in [6.45, 7) is 13.2. The molecule has 2 atom stereocenters. The Labute approximate surface area is 103 Å². The van der Waals surface area contributed by atoms with Crippen molar-refractivity contribution in [2.45, 2.75) is 73.3 Å². The molecule has 1 aliphatic rings. The predicted octanol–water partition coefficient (Wildman–Crippen LogP) is 5.21. The summed E-state index contributed by atoms with van der Waals surface area (Å²) in [6.07, 6.45) is 9.91. The largest absolute Gasteiger partial charge is 0.374 e. The molecule has 1 nitrogen and oxygen atoms in total. The fourth-order valence-corrected chi connectivity index (χ4v) is 1.77. The van der Waals surface area contributed by atoms with Crippen molar-refractivity contribution in [3.63, 3.8) is 0 Å². The molecule has 0 N–H and O–H groups in total. The minimum atomic E-state index is 0.534. The van der Waals surface area contributed by atoms with Gasteiger partial charge in [-0.3, -0.25) is 0 Å². The van der Waals surface area contributed by atoms with Gasteiger partial charge in [0.05, 0.1) is 12.7 Å². The van der Waals surface area contributed by atoms with Crippen LogP contribution in [-0.2, 0) is 4.74 Å². The van der Waals surface area contributed by atoms with Gasteiger partial charge in [0.1, 0.15) is 0 Å². The van der Waals surface area contributed by atoms with E-state index >= 15 is 0 Å². The molecule has 0 aromatic heterocycles. The Hall–Kier alpha value is -0.300. The second kappa shape index (κ2) is 14.7. The van der Waals surface area contributed by atoms with Crippen LogP contribution in [0.2, 0.25) is 0 Å². The van der Waals surface area contributed by atoms with E-state index in [4.69, 9.17) is 4.74 Å². The van der Waals surface area contributed by atoms with E-state index in [1.807, 2.05) is 27.7 Å². The first-order chi connectivity index (χ1) is 7.84. The monoisotopic (exact) mass is 228 g/mol. The highest BCUT2D eigenvalue weighted by atomic mass is 16.5. The molecule has 1 aliphatic carbocycles. The minimum absolute atomic E-state index is 0.534. The van der Waals surface area contributed by atoms with Crippen molar-refractivity contribution < 1.29 is 4.74 Å². The summed E-state index contributed by atoms with van der Waals surface area (Å²) in [5.74, 6) is 0.778. The van der Waals surface area contributed by atoms with E-state index in [2.05, 4.69) is 26.0 Å². The SMILES string of the molecule is CC.CC.CC/C=C/COC1CCCC1C. The molecule has 1 rings (SSSR count). The fraction of sp³-hybridized carbons (Fsp3) is 0.867. The summed E-state index contributed by atoms with van der Waals surface area (Å²) in [7, 11) is 0. The lowest BCUT2D eigenvalue weighted by Gasteiger charge is -2.14. The maximum absolute atomic E-state index is 5.73. The Bertz CT molecular complexity index is 140. The molecule has 1 heteroatoms. The van der Waals surface area contributed by atoms with Crippen molar-refractivity contribution >= 4 is 0 Å². The zero-order chi connectivity index (χ0) is 12.8. The highest BCUT2D eigenvalue weighted by Gasteiger charge is 2.23. The molecule has 0 heterocycles. The van der Waals surface area contributed by atoms with Gasteiger partial charge in [-0.1, -0.05) is 60.1 Å². The van der Waals surface area contributed by atoms with Gasteiger partial charge in [0.25, 0.3) is 0 Å². The second-order valence-corrected chi connectivity index (χ2v) is 3.66. The van der Waals surface area contributed by atoms with Crippen LogP contribution in [0.25, 0.3) is 0 Å². The van der Waals surface area contributed by atoms with E-state index in [0.717, 1.165) is 18.9 Å². The van der Waals surface area contributed by atoms with Crippen LogP contribution in [-0.4, -0.2) is 12.7 Å². The lowest BCUT2D eigenvalue weighted by Crippen LogP contribution is -2.15. The average molecular weight is 228 g/mol. The van der Waals surface area contributed by atoms with Gasteiger partial charge >= 0.3 is 0 Å². The van der Waals surface area contributed by atoms with Gasteiger partial charge in [-0.15, -0.1) is 0 Å². The second-order valence-electron chi connectivity index (χ2n) is 3.66. The Morgan fingerprint density at radius 1 is 1.06 bits per heavy atom. The minimum Gasteiger partial charge on any atom is -0.374 e. The molecule has 0 spiro atoms. The molecule has 0 bridgehead atoms. The van der Waals surface area contributed by atoms with Crippen molar-refractivity contribution in [1.29, 1.82) is 0 Å². The lowest BCUT2D eigenvalue weighted by molar-refractivity contribution is 0.0516. The molecule has 0 amide bonds. The van der Waals surface area contributed by atoms with E-state index in [1.54, 1.807) is 0 Å². The summed E-state index contributed by atoms with van der Waals surface area (Å²) in [6, 6.07) is 0. The summed E-state index contributed by atoms with van der Waals surface area (Å²) < 4.78 is 5.73. The van der Waals surface area contributed by atoms with E-state index in [0.29, 0.717) is 6.10 Å². The molecule has 1 fully saturated rings. The van der Waals surface area contributed by atoms with Gasteiger partial charge in [0, 0.05) is 0 Å². The molecule has 1 saturated carbocycles. The van der Waals surface area contributed by atoms with E-state index < -0.39 is 0 Å². The van der Waals surface area contributed by atoms with Gasteiger partial charge in [0.2, 0.25) is 0 Å². The summed E-state index contributed by atoms with van der Waals surface area (Å²) in [5, 5.41) is 0. The highest BCUT2D eigenvalue weighted by molar-refractivity contribution is 4.82. The first-order valence-corrected chi connectivity index (χ1v) is 7.11. The standard InChI is InChI=1S/C11H20O.2C2H6/c1-3-4-5-9-12-11-8-6-7-10(11)2;2*1-2/h4-5,10-11H,3,6-9H2,1-2H3;2*1-2H3/b5-4+;;. The summed E-state index contributed by atoms with van der Waals surface area (Å²) >= 11 is 0. The topological polar surface area (TPSA) is 9.23 Å². The van der Waals surface area contributed by atoms with Gasteiger partial charge in [-0.05, 0) is 25.2 Å². The van der Waals surface area contributed by atoms with Crippen LogP contribution in [0, 0.1) is 5.92 Å². The van der Waals surface area contributed by atoms with Gasteiger partial charge in [0.15, 0.2) is 0 Å². The van der Waals surface area contributed by atoms with Gasteiger partial charge in [-0.2, -0.15) is 0 Å². The molecule has 0 aliphatic heterocycles. The van der Waals surface area contributed by atoms with E-state index in [1.165, 1.54) is 19.3 Å². The Kier molecular flexibility index (Phi) is 16.6. The lowest BCUT2D eigenvalue weighted by atomic mass is 10.1. The van der Waals surface area contributed by atoms with Crippen LogP contribution in [0.5, 0.6) is 0 Å². The van der Waals surface area contributed by atoms with Gasteiger partial charge in [-0.25, -0.2) is 0 Å². The smallest absolute Gasteiger partial charge is 0.0651 e. The Morgan fingerprint density at radius 3 is 2.12 bits per heavy atom. The van der Waals surface area contributed by atoms with Crippen LogP contribution >= 0.6 is 0 Å². The Morgan fingerprint density at radius 2 is 1.69 bits per heavy atom. The number of hydrogen-bond donors (Lipinski definition) is 0. The van der Waals surface area contributed by atoms with E-state index in [-0.39, 0.29) is 0 Å². The zero-order valence-corrected chi connectivity index (χ0v) is 12.3. The predicted molar refractivity (Wildman–Crippen MR) is 74.9 cm³/mol. The summed E-state index contributed by atoms with van der Waals surface area (Å²) in [5.41, 5.74) is 0. The number of allylic oxidation sites excluding steroid dienone is 1. The summed E-state index contributed by atoms with van der Waals surface area (Å²) in [4.78, 5) is 0. The molecule has 98 valence electrons. The molecule has 0 aromatic carbocycles. The normalized spacial score (nSPS) is 23.4. The highest BCUT2D eigenvalue weighted by Crippen LogP contribution is 2.27. The van der Waals surface area contributed by atoms with Crippen molar-refractivity contribution in [2.75, 3.05) is 6.61 Å². The molecule has 0 aromatic rings. The maximum Gasteiger partial charge on any atom is 0.0651 e. The third kappa shape index (κ3) is 8.96. The van der Waals surface area contributed by atoms with Crippen molar-refractivity contribution in [2.24, 2.45) is 5.92 Å². The fourth-order valence-electron chi connectivity index (χ4n) is 1.77. The quantitative estimate of drug-likeness (QED) is 0.600. The van der Waals surface area contributed by atoms with Gasteiger partial charge < -0.3 is 4.74 Å². The van der Waals surface area contributed by atoms with Crippen LogP contribution in [0.3, 0.4) is 0 Å². The van der Waals surface area contributed by atoms with Crippen LogP contribution in [0.1, 0.15) is 67.2 Å². The van der Waals surface area contributed by atoms with Crippen LogP contribution < -0.4 is 0 Å². The first kappa shape index (κ1) is 18.1. The molecular formula is C15H32O. The van der Waals surface area contributed by atoms with Crippen molar-refractivity contribution in [3.8, 4) is 0 Å². The first-order valence-electron chi connectivity index (χ1n) is 7.11. The van der Waals surface area contributed by atoms with Crippen LogP contribution in [0.15, 0.2) is 12.2 Å². The third-order valence-corrected chi connectivity index (χ3v) is 2.59. The Balaban J connectivity index is 0. The zero-order valence-electron chi connectivity index (χ0n) is 12.3. The molecule has 16 heavy (non-hydrogen) atoms. The van der Waals surface area contributed by atoms with Crippen molar-refractivity contribution in [3.05, 3.63) is 12.2 Å². The molecule has 0 saturated heterocycles. The van der Waals surface area contributed by atoms with Crippen molar-refractivity contribution in [1.82, 2.24) is 0 Å². The average Bonchev–Trinajstić information content (AvgIpc) is 2.76. The molecule has 0 radical (unpaired) electrons. The van der Waals surface area contributed by atoms with Crippen LogP contribution in [0.4, 0.5) is 0 Å². The number of rotatable bonds is 4. The molecule has 2 unspecified atom stereocenters. The molecular weight excluding hydrogens is 196 g/mol. The number of hydrogen-bond acceptors (Lipinski definition) is 1. The number of ether oxygens (including phenoxy) is 1. The maximum atomic E-state index is 5.73. The third-order valence-electron chi connectivity index (χ3n) is 2.59. The van der Waals surface area contributed by atoms with E-state index in [9.17, 15) is 0 Å².